The lowest BCUT2D eigenvalue weighted by molar-refractivity contribution is 0.0776. The Balaban J connectivity index is 2.89. The average molecular weight is 234 g/mol. The van der Waals surface area contributed by atoms with Crippen LogP contribution in [0.1, 0.15) is 28.4 Å². The van der Waals surface area contributed by atoms with Crippen LogP contribution in [0.25, 0.3) is 0 Å². The molecular formula is C14H22N2O. The topological polar surface area (TPSA) is 46.3 Å². The molecular weight excluding hydrogens is 212 g/mol. The molecule has 0 aliphatic rings. The highest BCUT2D eigenvalue weighted by Gasteiger charge is 2.17. The van der Waals surface area contributed by atoms with Gasteiger partial charge in [0.05, 0.1) is 0 Å². The lowest BCUT2D eigenvalue weighted by Crippen LogP contribution is -2.34. The van der Waals surface area contributed by atoms with Crippen LogP contribution in [0.5, 0.6) is 0 Å². The standard InChI is InChI=1S/C14H22N2O/c1-10(8-15)9-16(4)14(17)13-11(2)6-5-7-12(13)3/h5-7,10H,8-9,15H2,1-4H3. The average Bonchev–Trinajstić information content (AvgIpc) is 2.28. The number of hydrogen-bond donors (Lipinski definition) is 1. The van der Waals surface area contributed by atoms with E-state index in [2.05, 4.69) is 6.92 Å². The quantitative estimate of drug-likeness (QED) is 0.865. The van der Waals surface area contributed by atoms with Gasteiger partial charge in [-0.25, -0.2) is 0 Å². The number of carbonyl (C=O) groups excluding carboxylic acids is 1. The number of carbonyl (C=O) groups is 1. The van der Waals surface area contributed by atoms with Gasteiger partial charge in [0.25, 0.3) is 5.91 Å². The van der Waals surface area contributed by atoms with Crippen LogP contribution in [-0.2, 0) is 0 Å². The minimum Gasteiger partial charge on any atom is -0.341 e. The number of nitrogens with two attached hydrogens (primary N) is 1. The first-order valence-corrected chi connectivity index (χ1v) is 5.99. The predicted octanol–water partition coefficient (Wildman–Crippen LogP) is 1.97. The van der Waals surface area contributed by atoms with Gasteiger partial charge in [0.2, 0.25) is 0 Å². The molecule has 94 valence electrons. The van der Waals surface area contributed by atoms with Crippen LogP contribution in [0.15, 0.2) is 18.2 Å². The molecule has 0 bridgehead atoms. The summed E-state index contributed by atoms with van der Waals surface area (Å²) in [5.41, 5.74) is 8.46. The minimum absolute atomic E-state index is 0.0842. The van der Waals surface area contributed by atoms with Crippen LogP contribution in [0.3, 0.4) is 0 Å². The van der Waals surface area contributed by atoms with Gasteiger partial charge < -0.3 is 10.6 Å². The molecule has 1 rings (SSSR count). The lowest BCUT2D eigenvalue weighted by Gasteiger charge is -2.22. The highest BCUT2D eigenvalue weighted by atomic mass is 16.2. The molecule has 1 aromatic rings. The molecule has 0 radical (unpaired) electrons. The number of nitrogens with zero attached hydrogens (tertiary/aromatic N) is 1. The molecule has 0 saturated heterocycles. The summed E-state index contributed by atoms with van der Waals surface area (Å²) in [5, 5.41) is 0. The van der Waals surface area contributed by atoms with Crippen molar-refractivity contribution >= 4 is 5.91 Å². The smallest absolute Gasteiger partial charge is 0.254 e. The Labute approximate surface area is 104 Å². The highest BCUT2D eigenvalue weighted by Crippen LogP contribution is 2.15. The van der Waals surface area contributed by atoms with E-state index in [0.717, 1.165) is 16.7 Å². The molecule has 17 heavy (non-hydrogen) atoms. The van der Waals surface area contributed by atoms with Gasteiger partial charge in [0, 0.05) is 19.2 Å². The zero-order valence-corrected chi connectivity index (χ0v) is 11.2. The van der Waals surface area contributed by atoms with E-state index in [-0.39, 0.29) is 5.91 Å². The minimum atomic E-state index is 0.0842. The molecule has 1 amide bonds. The van der Waals surface area contributed by atoms with Gasteiger partial charge >= 0.3 is 0 Å². The first-order valence-electron chi connectivity index (χ1n) is 5.99. The van der Waals surface area contributed by atoms with Gasteiger partial charge in [-0.05, 0) is 37.4 Å². The van der Waals surface area contributed by atoms with Crippen LogP contribution in [0.2, 0.25) is 0 Å². The number of benzene rings is 1. The van der Waals surface area contributed by atoms with Gasteiger partial charge in [-0.15, -0.1) is 0 Å². The van der Waals surface area contributed by atoms with Crippen LogP contribution in [-0.4, -0.2) is 30.9 Å². The SMILES string of the molecule is Cc1cccc(C)c1C(=O)N(C)CC(C)CN. The van der Waals surface area contributed by atoms with E-state index in [9.17, 15) is 4.79 Å². The van der Waals surface area contributed by atoms with Crippen LogP contribution >= 0.6 is 0 Å². The molecule has 2 N–H and O–H groups in total. The van der Waals surface area contributed by atoms with E-state index in [1.54, 1.807) is 4.90 Å². The van der Waals surface area contributed by atoms with Crippen molar-refractivity contribution in [2.75, 3.05) is 20.1 Å². The first kappa shape index (κ1) is 13.7. The van der Waals surface area contributed by atoms with Gasteiger partial charge in [-0.2, -0.15) is 0 Å². The molecule has 1 aromatic carbocycles. The second kappa shape index (κ2) is 5.82. The molecule has 3 nitrogen and oxygen atoms in total. The Morgan fingerprint density at radius 3 is 2.35 bits per heavy atom. The normalized spacial score (nSPS) is 12.3. The van der Waals surface area contributed by atoms with Crippen molar-refractivity contribution in [1.82, 2.24) is 4.90 Å². The van der Waals surface area contributed by atoms with Crippen molar-refractivity contribution < 1.29 is 4.79 Å². The van der Waals surface area contributed by atoms with Gasteiger partial charge in [-0.1, -0.05) is 25.1 Å². The summed E-state index contributed by atoms with van der Waals surface area (Å²) in [6.07, 6.45) is 0. The van der Waals surface area contributed by atoms with Crippen LogP contribution in [0.4, 0.5) is 0 Å². The summed E-state index contributed by atoms with van der Waals surface area (Å²) in [7, 11) is 1.83. The summed E-state index contributed by atoms with van der Waals surface area (Å²) >= 11 is 0. The summed E-state index contributed by atoms with van der Waals surface area (Å²) in [4.78, 5) is 14.1. The zero-order chi connectivity index (χ0) is 13.0. The molecule has 0 heterocycles. The molecule has 1 unspecified atom stereocenters. The molecule has 0 saturated carbocycles. The Hall–Kier alpha value is -1.35. The number of hydrogen-bond acceptors (Lipinski definition) is 2. The van der Waals surface area contributed by atoms with Crippen LogP contribution in [0, 0.1) is 19.8 Å². The fourth-order valence-corrected chi connectivity index (χ4v) is 1.97. The molecule has 0 aliphatic heterocycles. The first-order chi connectivity index (χ1) is 7.97. The van der Waals surface area contributed by atoms with E-state index in [1.807, 2.05) is 39.1 Å². The summed E-state index contributed by atoms with van der Waals surface area (Å²) < 4.78 is 0. The lowest BCUT2D eigenvalue weighted by atomic mass is 10.0. The van der Waals surface area contributed by atoms with E-state index >= 15 is 0 Å². The number of amides is 1. The molecule has 0 fully saturated rings. The maximum absolute atomic E-state index is 12.3. The van der Waals surface area contributed by atoms with E-state index in [1.165, 1.54) is 0 Å². The van der Waals surface area contributed by atoms with Gasteiger partial charge in [0.1, 0.15) is 0 Å². The zero-order valence-electron chi connectivity index (χ0n) is 11.2. The Kier molecular flexibility index (Phi) is 4.70. The Morgan fingerprint density at radius 2 is 1.88 bits per heavy atom. The summed E-state index contributed by atoms with van der Waals surface area (Å²) in [6.45, 7) is 7.29. The van der Waals surface area contributed by atoms with Crippen LogP contribution < -0.4 is 5.73 Å². The third-order valence-corrected chi connectivity index (χ3v) is 3.03. The van der Waals surface area contributed by atoms with Gasteiger partial charge in [-0.3, -0.25) is 4.79 Å². The highest BCUT2D eigenvalue weighted by molar-refractivity contribution is 5.96. The molecule has 0 spiro atoms. The van der Waals surface area contributed by atoms with Crippen molar-refractivity contribution in [3.63, 3.8) is 0 Å². The fraction of sp³-hybridized carbons (Fsp3) is 0.500. The van der Waals surface area contributed by atoms with Crippen molar-refractivity contribution in [2.45, 2.75) is 20.8 Å². The third kappa shape index (κ3) is 3.30. The largest absolute Gasteiger partial charge is 0.341 e. The fourth-order valence-electron chi connectivity index (χ4n) is 1.97. The van der Waals surface area contributed by atoms with E-state index in [4.69, 9.17) is 5.73 Å². The van der Waals surface area contributed by atoms with E-state index in [0.29, 0.717) is 19.0 Å². The number of aryl methyl sites for hydroxylation is 2. The molecule has 1 atom stereocenters. The molecule has 0 aromatic heterocycles. The predicted molar refractivity (Wildman–Crippen MR) is 71.1 cm³/mol. The third-order valence-electron chi connectivity index (χ3n) is 3.03. The maximum Gasteiger partial charge on any atom is 0.254 e. The molecule has 3 heteroatoms. The van der Waals surface area contributed by atoms with Crippen molar-refractivity contribution in [1.29, 1.82) is 0 Å². The maximum atomic E-state index is 12.3. The number of rotatable bonds is 4. The summed E-state index contributed by atoms with van der Waals surface area (Å²) in [6, 6.07) is 5.92. The summed E-state index contributed by atoms with van der Waals surface area (Å²) in [5.74, 6) is 0.411. The van der Waals surface area contributed by atoms with Crippen molar-refractivity contribution in [3.8, 4) is 0 Å². The van der Waals surface area contributed by atoms with Crippen molar-refractivity contribution in [2.24, 2.45) is 11.7 Å². The molecule has 0 aliphatic carbocycles. The van der Waals surface area contributed by atoms with E-state index < -0.39 is 0 Å². The second-order valence-electron chi connectivity index (χ2n) is 4.79. The van der Waals surface area contributed by atoms with Gasteiger partial charge in [0.15, 0.2) is 0 Å². The second-order valence-corrected chi connectivity index (χ2v) is 4.79. The Morgan fingerprint density at radius 1 is 1.35 bits per heavy atom. The van der Waals surface area contributed by atoms with Crippen molar-refractivity contribution in [3.05, 3.63) is 34.9 Å². The Bertz CT molecular complexity index is 381. The monoisotopic (exact) mass is 234 g/mol.